The van der Waals surface area contributed by atoms with Gasteiger partial charge in [0, 0.05) is 35.0 Å². The number of aromatic nitrogens is 1. The van der Waals surface area contributed by atoms with Gasteiger partial charge in [-0.15, -0.1) is 0 Å². The second-order valence-electron chi connectivity index (χ2n) is 3.81. The Labute approximate surface area is 108 Å². The Hall–Kier alpha value is -0.940. The molecule has 2 unspecified atom stereocenters. The molecule has 0 radical (unpaired) electrons. The number of nitrogens with zero attached hydrogens (tertiary/aromatic N) is 1. The first-order valence-corrected chi connectivity index (χ1v) is 7.32. The quantitative estimate of drug-likeness (QED) is 0.830. The molecule has 0 saturated carbocycles. The van der Waals surface area contributed by atoms with Crippen molar-refractivity contribution in [2.75, 3.05) is 12.0 Å². The van der Waals surface area contributed by atoms with Gasteiger partial charge in [0.2, 0.25) is 0 Å². The average Bonchev–Trinajstić information content (AvgIpc) is 2.27. The van der Waals surface area contributed by atoms with Gasteiger partial charge < -0.3 is 5.32 Å². The van der Waals surface area contributed by atoms with Crippen LogP contribution >= 0.6 is 11.6 Å². The van der Waals surface area contributed by atoms with E-state index in [4.69, 9.17) is 11.6 Å². The van der Waals surface area contributed by atoms with E-state index < -0.39 is 10.8 Å². The number of hydrogen-bond donors (Lipinski definition) is 1. The molecule has 1 aromatic rings. The minimum Gasteiger partial charge on any atom is -0.350 e. The van der Waals surface area contributed by atoms with Gasteiger partial charge in [-0.05, 0) is 25.5 Å². The summed E-state index contributed by atoms with van der Waals surface area (Å²) < 4.78 is 10.9. The molecule has 0 aliphatic heterocycles. The van der Waals surface area contributed by atoms with E-state index in [2.05, 4.69) is 10.3 Å². The molecule has 0 spiro atoms. The molecule has 0 aromatic carbocycles. The molecule has 17 heavy (non-hydrogen) atoms. The molecule has 4 nitrogen and oxygen atoms in total. The van der Waals surface area contributed by atoms with E-state index in [1.165, 1.54) is 6.20 Å². The molecule has 2 atom stereocenters. The van der Waals surface area contributed by atoms with E-state index >= 15 is 0 Å². The highest BCUT2D eigenvalue weighted by molar-refractivity contribution is 7.84. The van der Waals surface area contributed by atoms with Crippen molar-refractivity contribution >= 4 is 28.3 Å². The van der Waals surface area contributed by atoms with Crippen LogP contribution in [0.3, 0.4) is 0 Å². The molecule has 1 N–H and O–H groups in total. The third-order valence-electron chi connectivity index (χ3n) is 2.21. The molecule has 1 rings (SSSR count). The van der Waals surface area contributed by atoms with Crippen LogP contribution in [0.15, 0.2) is 18.3 Å². The number of carbonyl (C=O) groups excluding carboxylic acids is 1. The van der Waals surface area contributed by atoms with Crippen molar-refractivity contribution in [1.82, 2.24) is 10.3 Å². The first-order chi connectivity index (χ1) is 7.99. The molecular formula is C11H15ClN2O2S. The van der Waals surface area contributed by atoms with Gasteiger partial charge in [0.05, 0.1) is 5.56 Å². The number of halogens is 1. The van der Waals surface area contributed by atoms with Crippen LogP contribution in [-0.2, 0) is 10.8 Å². The van der Waals surface area contributed by atoms with Crippen molar-refractivity contribution in [3.63, 3.8) is 0 Å². The largest absolute Gasteiger partial charge is 0.350 e. The van der Waals surface area contributed by atoms with Gasteiger partial charge in [0.15, 0.2) is 0 Å². The predicted octanol–water partition coefficient (Wildman–Crippen LogP) is 1.62. The minimum atomic E-state index is -0.830. The third-order valence-corrected chi connectivity index (χ3v) is 3.24. The number of nitrogens with one attached hydrogen (secondary N) is 1. The van der Waals surface area contributed by atoms with Gasteiger partial charge in [-0.2, -0.15) is 0 Å². The first kappa shape index (κ1) is 14.1. The van der Waals surface area contributed by atoms with Gasteiger partial charge in [0.25, 0.3) is 5.91 Å². The highest BCUT2D eigenvalue weighted by Crippen LogP contribution is 2.05. The molecule has 94 valence electrons. The zero-order chi connectivity index (χ0) is 12.8. The van der Waals surface area contributed by atoms with Crippen LogP contribution in [0.1, 0.15) is 23.7 Å². The summed E-state index contributed by atoms with van der Waals surface area (Å²) in [5, 5.41) is 3.17. The summed E-state index contributed by atoms with van der Waals surface area (Å²) in [5.74, 6) is 0.392. The average molecular weight is 275 g/mol. The number of carbonyl (C=O) groups is 1. The van der Waals surface area contributed by atoms with Crippen LogP contribution < -0.4 is 5.32 Å². The van der Waals surface area contributed by atoms with Crippen molar-refractivity contribution in [1.29, 1.82) is 0 Å². The Balaban J connectivity index is 2.48. The van der Waals surface area contributed by atoms with E-state index in [0.717, 1.165) is 0 Å². The van der Waals surface area contributed by atoms with Crippen LogP contribution in [0, 0.1) is 0 Å². The maximum atomic E-state index is 11.7. The second-order valence-corrected chi connectivity index (χ2v) is 5.75. The molecular weight excluding hydrogens is 260 g/mol. The molecule has 0 aliphatic rings. The van der Waals surface area contributed by atoms with E-state index in [1.807, 2.05) is 6.92 Å². The van der Waals surface area contributed by atoms with Crippen LogP contribution in [0.4, 0.5) is 0 Å². The van der Waals surface area contributed by atoms with Crippen molar-refractivity contribution in [2.45, 2.75) is 19.4 Å². The lowest BCUT2D eigenvalue weighted by atomic mass is 10.2. The smallest absolute Gasteiger partial charge is 0.253 e. The molecule has 0 bridgehead atoms. The van der Waals surface area contributed by atoms with Crippen LogP contribution in [0.25, 0.3) is 0 Å². The summed E-state index contributed by atoms with van der Waals surface area (Å²) in [6.45, 7) is 1.88. The number of rotatable bonds is 5. The Bertz CT molecular complexity index is 408. The van der Waals surface area contributed by atoms with E-state index in [1.54, 1.807) is 18.4 Å². The maximum Gasteiger partial charge on any atom is 0.253 e. The minimum absolute atomic E-state index is 0.0120. The summed E-state index contributed by atoms with van der Waals surface area (Å²) in [4.78, 5) is 15.6. The normalized spacial score (nSPS) is 14.1. The Morgan fingerprint density at radius 1 is 1.59 bits per heavy atom. The molecule has 0 aliphatic carbocycles. The Morgan fingerprint density at radius 2 is 2.29 bits per heavy atom. The first-order valence-electron chi connectivity index (χ1n) is 5.21. The van der Waals surface area contributed by atoms with Gasteiger partial charge in [-0.25, -0.2) is 4.98 Å². The van der Waals surface area contributed by atoms with Gasteiger partial charge in [0.1, 0.15) is 5.15 Å². The number of pyridine rings is 1. The third kappa shape index (κ3) is 5.28. The lowest BCUT2D eigenvalue weighted by Gasteiger charge is -2.12. The second kappa shape index (κ2) is 6.71. The van der Waals surface area contributed by atoms with Crippen molar-refractivity contribution < 1.29 is 9.00 Å². The summed E-state index contributed by atoms with van der Waals surface area (Å²) in [5.41, 5.74) is 0.471. The lowest BCUT2D eigenvalue weighted by Crippen LogP contribution is -2.33. The van der Waals surface area contributed by atoms with E-state index in [-0.39, 0.29) is 11.9 Å². The molecule has 0 fully saturated rings. The number of hydrogen-bond acceptors (Lipinski definition) is 3. The van der Waals surface area contributed by atoms with Crippen molar-refractivity contribution in [3.8, 4) is 0 Å². The van der Waals surface area contributed by atoms with Crippen LogP contribution in [0.5, 0.6) is 0 Å². The fourth-order valence-electron chi connectivity index (χ4n) is 1.23. The van der Waals surface area contributed by atoms with E-state index in [9.17, 15) is 9.00 Å². The fourth-order valence-corrected chi connectivity index (χ4v) is 2.03. The Morgan fingerprint density at radius 3 is 2.82 bits per heavy atom. The summed E-state index contributed by atoms with van der Waals surface area (Å²) in [6.07, 6.45) is 3.77. The monoisotopic (exact) mass is 274 g/mol. The molecule has 1 heterocycles. The lowest BCUT2D eigenvalue weighted by molar-refractivity contribution is 0.0939. The van der Waals surface area contributed by atoms with Crippen molar-refractivity contribution in [2.24, 2.45) is 0 Å². The topological polar surface area (TPSA) is 59.1 Å². The van der Waals surface area contributed by atoms with E-state index in [0.29, 0.717) is 22.9 Å². The Kier molecular flexibility index (Phi) is 5.58. The predicted molar refractivity (Wildman–Crippen MR) is 69.7 cm³/mol. The number of amides is 1. The fraction of sp³-hybridized carbons (Fsp3) is 0.455. The highest BCUT2D eigenvalue weighted by Gasteiger charge is 2.10. The van der Waals surface area contributed by atoms with Gasteiger partial charge in [-0.1, -0.05) is 11.6 Å². The van der Waals surface area contributed by atoms with Crippen LogP contribution in [0.2, 0.25) is 5.15 Å². The highest BCUT2D eigenvalue weighted by atomic mass is 35.5. The van der Waals surface area contributed by atoms with Crippen molar-refractivity contribution in [3.05, 3.63) is 29.0 Å². The summed E-state index contributed by atoms with van der Waals surface area (Å²) >= 11 is 5.63. The molecule has 1 amide bonds. The zero-order valence-corrected chi connectivity index (χ0v) is 11.3. The summed E-state index contributed by atoms with van der Waals surface area (Å²) in [7, 11) is -0.830. The molecule has 0 saturated heterocycles. The van der Waals surface area contributed by atoms with Gasteiger partial charge in [-0.3, -0.25) is 9.00 Å². The summed E-state index contributed by atoms with van der Waals surface area (Å²) in [6, 6.07) is 3.18. The van der Waals surface area contributed by atoms with Crippen LogP contribution in [-0.4, -0.2) is 33.2 Å². The van der Waals surface area contributed by atoms with Gasteiger partial charge >= 0.3 is 0 Å². The molecule has 6 heteroatoms. The molecule has 1 aromatic heterocycles. The standard InChI is InChI=1S/C11H15ClN2O2S/c1-8(5-6-17(2)16)14-11(15)9-3-4-10(12)13-7-9/h3-4,7-8H,5-6H2,1-2H3,(H,14,15). The zero-order valence-electron chi connectivity index (χ0n) is 9.77. The maximum absolute atomic E-state index is 11.7. The SMILES string of the molecule is CC(CCS(C)=O)NC(=O)c1ccc(Cl)nc1.